The number of rotatable bonds is 4. The molecular formula is C11H11FN4O2S2. The third kappa shape index (κ3) is 3.52. The highest BCUT2D eigenvalue weighted by Crippen LogP contribution is 2.17. The Labute approximate surface area is 119 Å². The molecule has 0 aliphatic carbocycles. The second kappa shape index (κ2) is 5.55. The van der Waals surface area contributed by atoms with Crippen molar-refractivity contribution in [3.63, 3.8) is 0 Å². The first-order valence-electron chi connectivity index (χ1n) is 5.36. The van der Waals surface area contributed by atoms with E-state index in [2.05, 4.69) is 15.5 Å². The third-order valence-corrected chi connectivity index (χ3v) is 4.19. The van der Waals surface area contributed by atoms with Crippen molar-refractivity contribution in [2.75, 3.05) is 17.4 Å². The number of hydrazone groups is 1. The van der Waals surface area contributed by atoms with Crippen LogP contribution in [0.15, 0.2) is 33.6 Å². The first-order chi connectivity index (χ1) is 9.36. The Morgan fingerprint density at radius 3 is 2.85 bits per heavy atom. The fourth-order valence-electron chi connectivity index (χ4n) is 1.45. The van der Waals surface area contributed by atoms with E-state index < -0.39 is 15.7 Å². The fourth-order valence-corrected chi connectivity index (χ4v) is 2.86. The summed E-state index contributed by atoms with van der Waals surface area (Å²) in [7, 11) is -3.46. The molecule has 1 aromatic carbocycles. The zero-order chi connectivity index (χ0) is 14.8. The number of sulfone groups is 1. The molecule has 0 aliphatic rings. The van der Waals surface area contributed by atoms with E-state index in [4.69, 9.17) is 5.73 Å². The van der Waals surface area contributed by atoms with E-state index in [-0.39, 0.29) is 10.5 Å². The van der Waals surface area contributed by atoms with Gasteiger partial charge in [-0.2, -0.15) is 5.10 Å². The van der Waals surface area contributed by atoms with Crippen molar-refractivity contribution in [3.05, 3.63) is 35.0 Å². The molecule has 0 radical (unpaired) electrons. The van der Waals surface area contributed by atoms with Crippen molar-refractivity contribution >= 4 is 38.3 Å². The van der Waals surface area contributed by atoms with Crippen LogP contribution in [0.3, 0.4) is 0 Å². The number of hydrogen-bond donors (Lipinski definition) is 2. The van der Waals surface area contributed by atoms with Crippen molar-refractivity contribution < 1.29 is 12.8 Å². The fraction of sp³-hybridized carbons (Fsp3) is 0.0909. The van der Waals surface area contributed by atoms with Crippen molar-refractivity contribution in [2.24, 2.45) is 5.10 Å². The summed E-state index contributed by atoms with van der Waals surface area (Å²) in [6.07, 6.45) is 2.27. The maximum atomic E-state index is 13.2. The molecule has 2 rings (SSSR count). The lowest BCUT2D eigenvalue weighted by Gasteiger charge is -2.03. The predicted octanol–water partition coefficient (Wildman–Crippen LogP) is 1.71. The topological polar surface area (TPSA) is 97.4 Å². The molecule has 106 valence electrons. The number of nitrogens with two attached hydrogens (primary N) is 1. The largest absolute Gasteiger partial charge is 0.383 e. The van der Waals surface area contributed by atoms with Crippen LogP contribution in [-0.2, 0) is 9.84 Å². The van der Waals surface area contributed by atoms with Gasteiger partial charge in [0.25, 0.3) is 0 Å². The lowest BCUT2D eigenvalue weighted by molar-refractivity contribution is 0.600. The van der Waals surface area contributed by atoms with E-state index in [0.29, 0.717) is 10.9 Å². The van der Waals surface area contributed by atoms with Gasteiger partial charge < -0.3 is 5.73 Å². The Morgan fingerprint density at radius 1 is 1.50 bits per heavy atom. The van der Waals surface area contributed by atoms with Gasteiger partial charge in [0, 0.05) is 17.2 Å². The maximum absolute atomic E-state index is 13.2. The highest BCUT2D eigenvalue weighted by atomic mass is 32.2. The highest BCUT2D eigenvalue weighted by Gasteiger charge is 2.12. The number of benzene rings is 1. The van der Waals surface area contributed by atoms with Crippen LogP contribution in [0.5, 0.6) is 0 Å². The normalized spacial score (nSPS) is 11.9. The van der Waals surface area contributed by atoms with Crippen molar-refractivity contribution in [1.82, 2.24) is 4.98 Å². The molecule has 1 aromatic heterocycles. The van der Waals surface area contributed by atoms with Crippen LogP contribution in [0.2, 0.25) is 0 Å². The molecule has 0 bridgehead atoms. The lowest BCUT2D eigenvalue weighted by atomic mass is 10.2. The molecular weight excluding hydrogens is 303 g/mol. The quantitative estimate of drug-likeness (QED) is 0.509. The summed E-state index contributed by atoms with van der Waals surface area (Å²) in [5.41, 5.74) is 8.19. The minimum Gasteiger partial charge on any atom is -0.383 e. The lowest BCUT2D eigenvalue weighted by Crippen LogP contribution is -2.03. The minimum atomic E-state index is -3.46. The predicted molar refractivity (Wildman–Crippen MR) is 77.3 cm³/mol. The molecule has 0 saturated heterocycles. The first-order valence-corrected chi connectivity index (χ1v) is 8.13. The van der Waals surface area contributed by atoms with Crippen LogP contribution in [0.25, 0.3) is 0 Å². The molecule has 6 nitrogen and oxygen atoms in total. The Balaban J connectivity index is 2.26. The number of hydrogen-bond acceptors (Lipinski definition) is 7. The SMILES string of the molecule is CS(=O)(=O)c1ccc(F)cc1C=NNc1nc(N)cs1. The minimum absolute atomic E-state index is 0.00287. The van der Waals surface area contributed by atoms with Gasteiger partial charge in [-0.3, -0.25) is 5.43 Å². The first kappa shape index (κ1) is 14.4. The summed E-state index contributed by atoms with van der Waals surface area (Å²) in [5, 5.41) is 5.91. The van der Waals surface area contributed by atoms with Gasteiger partial charge in [0.05, 0.1) is 11.1 Å². The average Bonchev–Trinajstić information content (AvgIpc) is 2.73. The molecule has 9 heteroatoms. The summed E-state index contributed by atoms with van der Waals surface area (Å²) in [6, 6.07) is 3.38. The van der Waals surface area contributed by atoms with Gasteiger partial charge in [0.15, 0.2) is 9.84 Å². The van der Waals surface area contributed by atoms with Gasteiger partial charge in [-0.05, 0) is 18.2 Å². The Hall–Kier alpha value is -2.00. The zero-order valence-electron chi connectivity index (χ0n) is 10.4. The third-order valence-electron chi connectivity index (χ3n) is 2.26. The summed E-state index contributed by atoms with van der Waals surface area (Å²) >= 11 is 1.24. The molecule has 0 fully saturated rings. The summed E-state index contributed by atoms with van der Waals surface area (Å²) < 4.78 is 36.3. The second-order valence-corrected chi connectivity index (χ2v) is 6.74. The number of anilines is 2. The molecule has 20 heavy (non-hydrogen) atoms. The van der Waals surface area contributed by atoms with Gasteiger partial charge in [-0.1, -0.05) is 0 Å². The molecule has 2 aromatic rings. The van der Waals surface area contributed by atoms with Crippen LogP contribution in [0.1, 0.15) is 5.56 Å². The van der Waals surface area contributed by atoms with Crippen molar-refractivity contribution in [2.45, 2.75) is 4.90 Å². The van der Waals surface area contributed by atoms with E-state index >= 15 is 0 Å². The van der Waals surface area contributed by atoms with Crippen LogP contribution >= 0.6 is 11.3 Å². The van der Waals surface area contributed by atoms with E-state index in [1.807, 2.05) is 0 Å². The van der Waals surface area contributed by atoms with Gasteiger partial charge in [0.1, 0.15) is 11.6 Å². The van der Waals surface area contributed by atoms with Crippen LogP contribution in [0.4, 0.5) is 15.3 Å². The standard InChI is InChI=1S/C11H11FN4O2S2/c1-20(17,18)9-3-2-8(12)4-7(9)5-14-16-11-15-10(13)6-19-11/h2-6H,13H2,1H3,(H,15,16). The number of thiazole rings is 1. The van der Waals surface area contributed by atoms with Crippen LogP contribution in [0, 0.1) is 5.82 Å². The van der Waals surface area contributed by atoms with Gasteiger partial charge in [-0.15, -0.1) is 11.3 Å². The molecule has 0 saturated carbocycles. The number of halogens is 1. The molecule has 1 heterocycles. The number of nitrogen functional groups attached to an aromatic ring is 1. The second-order valence-electron chi connectivity index (χ2n) is 3.90. The van der Waals surface area contributed by atoms with E-state index in [1.54, 1.807) is 5.38 Å². The summed E-state index contributed by atoms with van der Waals surface area (Å²) in [6.45, 7) is 0. The molecule has 0 unspecified atom stereocenters. The highest BCUT2D eigenvalue weighted by molar-refractivity contribution is 7.90. The summed E-state index contributed by atoms with van der Waals surface area (Å²) in [5.74, 6) is -0.187. The van der Waals surface area contributed by atoms with E-state index in [9.17, 15) is 12.8 Å². The van der Waals surface area contributed by atoms with Gasteiger partial charge in [-0.25, -0.2) is 17.8 Å². The van der Waals surface area contributed by atoms with Crippen LogP contribution in [-0.4, -0.2) is 25.9 Å². The van der Waals surface area contributed by atoms with Crippen molar-refractivity contribution in [1.29, 1.82) is 0 Å². The van der Waals surface area contributed by atoms with E-state index in [1.165, 1.54) is 23.6 Å². The average molecular weight is 314 g/mol. The Kier molecular flexibility index (Phi) is 4.00. The number of aromatic nitrogens is 1. The monoisotopic (exact) mass is 314 g/mol. The Bertz CT molecular complexity index is 756. The van der Waals surface area contributed by atoms with Gasteiger partial charge in [0.2, 0.25) is 5.13 Å². The van der Waals surface area contributed by atoms with E-state index in [0.717, 1.165) is 18.4 Å². The molecule has 0 spiro atoms. The number of nitrogens with zero attached hydrogens (tertiary/aromatic N) is 2. The number of nitrogens with one attached hydrogen (secondary N) is 1. The zero-order valence-corrected chi connectivity index (χ0v) is 12.0. The molecule has 0 atom stereocenters. The van der Waals surface area contributed by atoms with Crippen molar-refractivity contribution in [3.8, 4) is 0 Å². The van der Waals surface area contributed by atoms with Crippen LogP contribution < -0.4 is 11.2 Å². The smallest absolute Gasteiger partial charge is 0.205 e. The maximum Gasteiger partial charge on any atom is 0.205 e. The molecule has 0 amide bonds. The summed E-state index contributed by atoms with van der Waals surface area (Å²) in [4.78, 5) is 3.91. The molecule has 0 aliphatic heterocycles. The molecule has 3 N–H and O–H groups in total. The Morgan fingerprint density at radius 2 is 2.25 bits per heavy atom. The van der Waals surface area contributed by atoms with Gasteiger partial charge >= 0.3 is 0 Å².